The first kappa shape index (κ1) is 24.0. The first-order valence-electron chi connectivity index (χ1n) is 9.07. The first-order chi connectivity index (χ1) is 15.6. The molecule has 1 fully saturated rings. The molecule has 3 heterocycles. The lowest BCUT2D eigenvalue weighted by atomic mass is 10.0. The van der Waals surface area contributed by atoms with Gasteiger partial charge in [0.05, 0.1) is 0 Å². The second kappa shape index (κ2) is 9.86. The van der Waals surface area contributed by atoms with Gasteiger partial charge in [-0.3, -0.25) is 19.3 Å². The van der Waals surface area contributed by atoms with Crippen molar-refractivity contribution in [1.29, 1.82) is 0 Å². The molecule has 176 valence electrons. The molecule has 1 aromatic heterocycles. The number of esters is 1. The average Bonchev–Trinajstić information content (AvgIpc) is 3.17. The van der Waals surface area contributed by atoms with Crippen molar-refractivity contribution in [2.45, 2.75) is 18.3 Å². The number of fused-ring (bicyclic) bond motifs is 1. The molecule has 2 aliphatic rings. The number of thiazole rings is 1. The maximum atomic E-state index is 12.8. The molecule has 14 nitrogen and oxygen atoms in total. The maximum absolute atomic E-state index is 12.8. The largest absolute Gasteiger partial charge is 0.479 e. The molecule has 0 aromatic carbocycles. The normalized spacial score (nSPS) is 20.0. The third-order valence-corrected chi connectivity index (χ3v) is 6.32. The lowest BCUT2D eigenvalue weighted by Gasteiger charge is -2.49. The van der Waals surface area contributed by atoms with Crippen LogP contribution in [0, 0.1) is 0 Å². The van der Waals surface area contributed by atoms with Crippen LogP contribution in [0.3, 0.4) is 0 Å². The molecule has 2 aliphatic heterocycles. The fourth-order valence-corrected chi connectivity index (χ4v) is 4.82. The minimum atomic E-state index is -1.37. The van der Waals surface area contributed by atoms with E-state index in [2.05, 4.69) is 20.3 Å². The summed E-state index contributed by atoms with van der Waals surface area (Å²) in [6.07, 6.45) is 0. The van der Waals surface area contributed by atoms with Gasteiger partial charge < -0.3 is 30.8 Å². The van der Waals surface area contributed by atoms with Gasteiger partial charge in [-0.1, -0.05) is 5.16 Å². The highest BCUT2D eigenvalue weighted by atomic mass is 32.2. The average molecular weight is 499 g/mol. The lowest BCUT2D eigenvalue weighted by Crippen LogP contribution is -2.71. The number of thioether (sulfide) groups is 1. The second-order valence-corrected chi connectivity index (χ2v) is 8.57. The summed E-state index contributed by atoms with van der Waals surface area (Å²) >= 11 is 2.18. The van der Waals surface area contributed by atoms with E-state index in [9.17, 15) is 29.1 Å². The van der Waals surface area contributed by atoms with Crippen LogP contribution in [0.1, 0.15) is 12.6 Å². The highest BCUT2D eigenvalue weighted by molar-refractivity contribution is 8.00. The highest BCUT2D eigenvalue weighted by Gasteiger charge is 2.54. The molecule has 1 saturated heterocycles. The number of ether oxygens (including phenoxy) is 1. The van der Waals surface area contributed by atoms with Gasteiger partial charge in [0.15, 0.2) is 10.8 Å². The van der Waals surface area contributed by atoms with E-state index in [1.54, 1.807) is 0 Å². The smallest absolute Gasteiger partial charge is 0.352 e. The minimum absolute atomic E-state index is 0.00935. The number of β-lactam (4-membered cyclic amide) rings is 1. The summed E-state index contributed by atoms with van der Waals surface area (Å²) in [5.74, 6) is -4.72. The van der Waals surface area contributed by atoms with Crippen molar-refractivity contribution in [3.63, 3.8) is 0 Å². The summed E-state index contributed by atoms with van der Waals surface area (Å²) in [6, 6.07) is -1.09. The topological polar surface area (TPSA) is 211 Å². The Kier molecular flexibility index (Phi) is 7.17. The van der Waals surface area contributed by atoms with Crippen molar-refractivity contribution in [2.75, 3.05) is 24.7 Å². The molecule has 2 amide bonds. The number of nitrogen functional groups attached to an aromatic ring is 1. The summed E-state index contributed by atoms with van der Waals surface area (Å²) in [5.41, 5.74) is 5.12. The van der Waals surface area contributed by atoms with Crippen LogP contribution in [-0.2, 0) is 33.5 Å². The van der Waals surface area contributed by atoms with E-state index in [0.717, 1.165) is 16.2 Å². The van der Waals surface area contributed by atoms with Crippen LogP contribution in [0.5, 0.6) is 0 Å². The number of carbonyl (C=O) groups is 5. The summed E-state index contributed by atoms with van der Waals surface area (Å²) in [6.45, 7) is 0.0821. The van der Waals surface area contributed by atoms with E-state index in [0.29, 0.717) is 0 Å². The fourth-order valence-electron chi connectivity index (χ4n) is 2.95. The number of nitrogens with zero attached hydrogens (tertiary/aromatic N) is 3. The van der Waals surface area contributed by atoms with E-state index in [-0.39, 0.29) is 34.5 Å². The van der Waals surface area contributed by atoms with Gasteiger partial charge in [0.25, 0.3) is 11.8 Å². The minimum Gasteiger partial charge on any atom is -0.479 e. The van der Waals surface area contributed by atoms with Gasteiger partial charge in [0, 0.05) is 23.6 Å². The van der Waals surface area contributed by atoms with E-state index in [4.69, 9.17) is 15.6 Å². The predicted octanol–water partition coefficient (Wildman–Crippen LogP) is -1.17. The number of carbonyl (C=O) groups excluding carboxylic acids is 3. The predicted molar refractivity (Wildman–Crippen MR) is 113 cm³/mol. The first-order valence-corrected chi connectivity index (χ1v) is 11.0. The Balaban J connectivity index is 1.78. The molecule has 5 N–H and O–H groups in total. The number of nitrogens with one attached hydrogen (secondary N) is 1. The third-order valence-electron chi connectivity index (χ3n) is 4.31. The summed E-state index contributed by atoms with van der Waals surface area (Å²) in [7, 11) is 0. The van der Waals surface area contributed by atoms with Gasteiger partial charge >= 0.3 is 17.9 Å². The molecule has 0 bridgehead atoms. The molecule has 2 atom stereocenters. The van der Waals surface area contributed by atoms with Crippen LogP contribution in [0.25, 0.3) is 0 Å². The fraction of sp³-hybridized carbons (Fsp3) is 0.353. The van der Waals surface area contributed by atoms with E-state index < -0.39 is 53.5 Å². The molecule has 16 heteroatoms. The van der Waals surface area contributed by atoms with Gasteiger partial charge in [0.1, 0.15) is 29.4 Å². The number of hydrogen-bond donors (Lipinski definition) is 4. The van der Waals surface area contributed by atoms with Gasteiger partial charge in [0.2, 0.25) is 6.61 Å². The Bertz CT molecular complexity index is 1080. The second-order valence-electron chi connectivity index (χ2n) is 6.58. The number of oxime groups is 1. The highest BCUT2D eigenvalue weighted by Crippen LogP contribution is 2.40. The number of anilines is 1. The number of rotatable bonds is 9. The Labute approximate surface area is 193 Å². The van der Waals surface area contributed by atoms with Crippen LogP contribution >= 0.6 is 23.1 Å². The maximum Gasteiger partial charge on any atom is 0.352 e. The Morgan fingerprint density at radius 3 is 2.67 bits per heavy atom. The van der Waals surface area contributed by atoms with Crippen molar-refractivity contribution in [1.82, 2.24) is 15.2 Å². The third kappa shape index (κ3) is 5.23. The van der Waals surface area contributed by atoms with Crippen molar-refractivity contribution >= 4 is 63.7 Å². The monoisotopic (exact) mass is 499 g/mol. The van der Waals surface area contributed by atoms with Crippen LogP contribution in [-0.4, -0.2) is 85.9 Å². The molecule has 0 spiro atoms. The van der Waals surface area contributed by atoms with Gasteiger partial charge in [-0.25, -0.2) is 14.6 Å². The van der Waals surface area contributed by atoms with E-state index >= 15 is 0 Å². The van der Waals surface area contributed by atoms with Crippen molar-refractivity contribution in [3.8, 4) is 0 Å². The number of aromatic nitrogens is 1. The zero-order valence-electron chi connectivity index (χ0n) is 16.8. The van der Waals surface area contributed by atoms with Gasteiger partial charge in [-0.05, 0) is 0 Å². The molecule has 3 rings (SSSR count). The molecule has 1 aromatic rings. The molecule has 0 aliphatic carbocycles. The summed E-state index contributed by atoms with van der Waals surface area (Å²) < 4.78 is 4.86. The number of carboxylic acid groups (broad SMARTS) is 2. The van der Waals surface area contributed by atoms with Crippen LogP contribution < -0.4 is 11.1 Å². The number of amides is 2. The summed E-state index contributed by atoms with van der Waals surface area (Å²) in [5, 5.41) is 25.0. The SMILES string of the molecule is CC(=O)OCC1=C(C(=O)O)N2C(=O)[C@@H](NC(=O)/C(=N\OCC(=O)O)c3csc(N)n3)[C@@H]2SC1. The molecular formula is C17H17N5O9S2. The Morgan fingerprint density at radius 2 is 2.09 bits per heavy atom. The van der Waals surface area contributed by atoms with Crippen LogP contribution in [0.4, 0.5) is 5.13 Å². The molecule has 0 radical (unpaired) electrons. The Morgan fingerprint density at radius 1 is 1.36 bits per heavy atom. The quantitative estimate of drug-likeness (QED) is 0.137. The van der Waals surface area contributed by atoms with Gasteiger partial charge in [-0.15, -0.1) is 23.1 Å². The zero-order valence-corrected chi connectivity index (χ0v) is 18.5. The molecular weight excluding hydrogens is 482 g/mol. The van der Waals surface area contributed by atoms with Crippen molar-refractivity contribution in [2.24, 2.45) is 5.16 Å². The van der Waals surface area contributed by atoms with E-state index in [1.807, 2.05) is 0 Å². The van der Waals surface area contributed by atoms with Crippen molar-refractivity contribution in [3.05, 3.63) is 22.3 Å². The number of hydrogen-bond acceptors (Lipinski definition) is 12. The molecule has 0 unspecified atom stereocenters. The van der Waals surface area contributed by atoms with Crippen LogP contribution in [0.15, 0.2) is 21.8 Å². The number of aliphatic carboxylic acids is 2. The molecule has 0 saturated carbocycles. The van der Waals surface area contributed by atoms with Gasteiger partial charge in [-0.2, -0.15) is 0 Å². The number of nitrogens with two attached hydrogens (primary N) is 1. The number of carboxylic acids is 2. The van der Waals surface area contributed by atoms with Crippen LogP contribution in [0.2, 0.25) is 0 Å². The van der Waals surface area contributed by atoms with Crippen molar-refractivity contribution < 1.29 is 43.8 Å². The zero-order chi connectivity index (χ0) is 24.3. The van der Waals surface area contributed by atoms with E-state index in [1.165, 1.54) is 24.1 Å². The molecule has 33 heavy (non-hydrogen) atoms. The standard InChI is InChI=1S/C17H17N5O9S2/c1-6(23)30-2-7-4-32-15-11(14(27)22(15)12(7)16(28)29)20-13(26)10(21-31-3-9(24)25)8-5-33-17(18)19-8/h5,11,15H,2-4H2,1H3,(H2,18,19)(H,20,26)(H,24,25)(H,28,29)/b21-10-/t11-,15+/m1/s1. The lowest BCUT2D eigenvalue weighted by molar-refractivity contribution is -0.150. The summed E-state index contributed by atoms with van der Waals surface area (Å²) in [4.78, 5) is 68.5. The Hall–Kier alpha value is -3.66.